The van der Waals surface area contributed by atoms with Crippen LogP contribution >= 0.6 is 0 Å². The zero-order valence-electron chi connectivity index (χ0n) is 13.3. The van der Waals surface area contributed by atoms with Crippen molar-refractivity contribution in [2.45, 2.75) is 32.6 Å². The number of nitrogens with two attached hydrogens (primary N) is 1. The molecule has 0 spiro atoms. The Bertz CT molecular complexity index is 476. The number of hydrogen-bond acceptors (Lipinski definition) is 3. The smallest absolute Gasteiger partial charge is 0.234 e. The van der Waals surface area contributed by atoms with Crippen LogP contribution in [0.2, 0.25) is 0 Å². The third-order valence-corrected chi connectivity index (χ3v) is 4.84. The first kappa shape index (κ1) is 15.8. The lowest BCUT2D eigenvalue weighted by Gasteiger charge is -2.39. The van der Waals surface area contributed by atoms with Gasteiger partial charge in [-0.2, -0.15) is 0 Å². The molecular weight excluding hydrogens is 264 g/mol. The number of carbonyl (C=O) groups excluding carboxylic acids is 1. The zero-order valence-corrected chi connectivity index (χ0v) is 13.3. The molecule has 1 amide bonds. The van der Waals surface area contributed by atoms with Crippen molar-refractivity contribution in [3.8, 4) is 5.75 Å². The number of ether oxygens (including phenoxy) is 1. The van der Waals surface area contributed by atoms with Crippen molar-refractivity contribution in [2.24, 2.45) is 17.1 Å². The number of anilines is 1. The van der Waals surface area contributed by atoms with Crippen LogP contribution in [-0.2, 0) is 4.79 Å². The second-order valence-electron chi connectivity index (χ2n) is 6.23. The molecule has 0 heterocycles. The Balaban J connectivity index is 2.16. The summed E-state index contributed by atoms with van der Waals surface area (Å²) >= 11 is 0. The van der Waals surface area contributed by atoms with Crippen LogP contribution in [0.25, 0.3) is 0 Å². The quantitative estimate of drug-likeness (QED) is 0.927. The molecule has 1 aromatic carbocycles. The van der Waals surface area contributed by atoms with Gasteiger partial charge in [0.05, 0.1) is 12.5 Å². The monoisotopic (exact) mass is 290 g/mol. The second kappa shape index (κ2) is 6.48. The summed E-state index contributed by atoms with van der Waals surface area (Å²) in [5.74, 6) is 1.63. The van der Waals surface area contributed by atoms with Crippen molar-refractivity contribution in [1.82, 2.24) is 0 Å². The van der Waals surface area contributed by atoms with Crippen LogP contribution in [-0.4, -0.2) is 26.6 Å². The number of nitrogens with zero attached hydrogens (tertiary/aromatic N) is 1. The van der Waals surface area contributed by atoms with Gasteiger partial charge < -0.3 is 15.4 Å². The molecule has 1 fully saturated rings. The summed E-state index contributed by atoms with van der Waals surface area (Å²) in [4.78, 5) is 14.7. The van der Waals surface area contributed by atoms with Crippen molar-refractivity contribution >= 4 is 11.6 Å². The Morgan fingerprint density at radius 1 is 1.33 bits per heavy atom. The number of benzene rings is 1. The number of carbonyl (C=O) groups is 1. The Labute approximate surface area is 127 Å². The average molecular weight is 290 g/mol. The lowest BCUT2D eigenvalue weighted by Crippen LogP contribution is -2.48. The number of rotatable bonds is 4. The second-order valence-corrected chi connectivity index (χ2v) is 6.23. The van der Waals surface area contributed by atoms with Gasteiger partial charge in [-0.3, -0.25) is 4.79 Å². The standard InChI is InChI=1S/C17H26N2O2/c1-13-8-10-17(12-18,11-9-13)16(20)19(2)14-4-6-15(21-3)7-5-14/h4-7,13H,8-12,18H2,1-3H3. The SMILES string of the molecule is COc1ccc(N(C)C(=O)C2(CN)CCC(C)CC2)cc1. The topological polar surface area (TPSA) is 55.6 Å². The molecule has 2 N–H and O–H groups in total. The highest BCUT2D eigenvalue weighted by Gasteiger charge is 2.41. The molecule has 0 atom stereocenters. The van der Waals surface area contributed by atoms with Gasteiger partial charge in [-0.15, -0.1) is 0 Å². The van der Waals surface area contributed by atoms with E-state index in [0.29, 0.717) is 12.5 Å². The van der Waals surface area contributed by atoms with Gasteiger partial charge in [-0.1, -0.05) is 6.92 Å². The van der Waals surface area contributed by atoms with Gasteiger partial charge in [-0.05, 0) is 55.9 Å². The summed E-state index contributed by atoms with van der Waals surface area (Å²) in [6.07, 6.45) is 3.95. The summed E-state index contributed by atoms with van der Waals surface area (Å²) in [5.41, 5.74) is 6.47. The van der Waals surface area contributed by atoms with E-state index in [-0.39, 0.29) is 11.3 Å². The van der Waals surface area contributed by atoms with Gasteiger partial charge in [0, 0.05) is 19.3 Å². The normalized spacial score (nSPS) is 25.4. The molecule has 0 unspecified atom stereocenters. The van der Waals surface area contributed by atoms with E-state index in [4.69, 9.17) is 10.5 Å². The highest BCUT2D eigenvalue weighted by Crippen LogP contribution is 2.40. The molecule has 1 saturated carbocycles. The molecule has 21 heavy (non-hydrogen) atoms. The third kappa shape index (κ3) is 3.21. The minimum atomic E-state index is -0.388. The predicted molar refractivity (Wildman–Crippen MR) is 85.5 cm³/mol. The first-order valence-electron chi connectivity index (χ1n) is 7.65. The molecule has 0 saturated heterocycles. The van der Waals surface area contributed by atoms with Crippen molar-refractivity contribution in [3.05, 3.63) is 24.3 Å². The van der Waals surface area contributed by atoms with Crippen molar-refractivity contribution < 1.29 is 9.53 Å². The molecule has 4 heteroatoms. The molecule has 1 aliphatic rings. The number of amides is 1. The Hall–Kier alpha value is -1.55. The first-order chi connectivity index (χ1) is 10.0. The first-order valence-corrected chi connectivity index (χ1v) is 7.65. The maximum Gasteiger partial charge on any atom is 0.234 e. The Morgan fingerprint density at radius 3 is 2.38 bits per heavy atom. The van der Waals surface area contributed by atoms with Crippen LogP contribution in [0.1, 0.15) is 32.6 Å². The van der Waals surface area contributed by atoms with E-state index < -0.39 is 0 Å². The summed E-state index contributed by atoms with van der Waals surface area (Å²) in [7, 11) is 3.47. The van der Waals surface area contributed by atoms with E-state index in [0.717, 1.165) is 37.1 Å². The third-order valence-electron chi connectivity index (χ3n) is 4.84. The Morgan fingerprint density at radius 2 is 1.90 bits per heavy atom. The highest BCUT2D eigenvalue weighted by molar-refractivity contribution is 5.97. The van der Waals surface area contributed by atoms with Crippen molar-refractivity contribution in [2.75, 3.05) is 25.6 Å². The van der Waals surface area contributed by atoms with Gasteiger partial charge in [0.15, 0.2) is 0 Å². The van der Waals surface area contributed by atoms with Crippen molar-refractivity contribution in [3.63, 3.8) is 0 Å². The van der Waals surface area contributed by atoms with Gasteiger partial charge >= 0.3 is 0 Å². The molecule has 2 rings (SSSR count). The van der Waals surface area contributed by atoms with Crippen molar-refractivity contribution in [1.29, 1.82) is 0 Å². The van der Waals surface area contributed by atoms with Gasteiger partial charge in [-0.25, -0.2) is 0 Å². The summed E-state index contributed by atoms with van der Waals surface area (Å²) < 4.78 is 5.16. The van der Waals surface area contributed by atoms with Crippen LogP contribution in [0.4, 0.5) is 5.69 Å². The van der Waals surface area contributed by atoms with Crippen LogP contribution in [0, 0.1) is 11.3 Å². The van der Waals surface area contributed by atoms with Crippen LogP contribution < -0.4 is 15.4 Å². The van der Waals surface area contributed by atoms with E-state index in [1.165, 1.54) is 0 Å². The summed E-state index contributed by atoms with van der Waals surface area (Å²) in [6, 6.07) is 7.56. The Kier molecular flexibility index (Phi) is 4.88. The molecule has 0 bridgehead atoms. The molecular formula is C17H26N2O2. The molecule has 0 radical (unpaired) electrons. The van der Waals surface area contributed by atoms with Gasteiger partial charge in [0.2, 0.25) is 5.91 Å². The minimum absolute atomic E-state index is 0.141. The lowest BCUT2D eigenvalue weighted by atomic mass is 9.70. The van der Waals surface area contributed by atoms with Gasteiger partial charge in [0.1, 0.15) is 5.75 Å². The maximum atomic E-state index is 12.9. The maximum absolute atomic E-state index is 12.9. The minimum Gasteiger partial charge on any atom is -0.497 e. The van der Waals surface area contributed by atoms with Gasteiger partial charge in [0.25, 0.3) is 0 Å². The average Bonchev–Trinajstić information content (AvgIpc) is 2.54. The van der Waals surface area contributed by atoms with Crippen LogP contribution in [0.15, 0.2) is 24.3 Å². The zero-order chi connectivity index (χ0) is 15.5. The summed E-state index contributed by atoms with van der Waals surface area (Å²) in [5, 5.41) is 0. The van der Waals surface area contributed by atoms with E-state index in [2.05, 4.69) is 6.92 Å². The molecule has 116 valence electrons. The largest absolute Gasteiger partial charge is 0.497 e. The predicted octanol–water partition coefficient (Wildman–Crippen LogP) is 2.81. The van der Waals surface area contributed by atoms with E-state index in [1.807, 2.05) is 31.3 Å². The summed E-state index contributed by atoms with van der Waals surface area (Å²) in [6.45, 7) is 2.68. The molecule has 1 aliphatic carbocycles. The van der Waals surface area contributed by atoms with E-state index in [9.17, 15) is 4.79 Å². The molecule has 0 aliphatic heterocycles. The molecule has 4 nitrogen and oxygen atoms in total. The van der Waals surface area contributed by atoms with E-state index in [1.54, 1.807) is 12.0 Å². The molecule has 1 aromatic rings. The fourth-order valence-corrected chi connectivity index (χ4v) is 3.10. The lowest BCUT2D eigenvalue weighted by molar-refractivity contribution is -0.129. The highest BCUT2D eigenvalue weighted by atomic mass is 16.5. The number of methoxy groups -OCH3 is 1. The fraction of sp³-hybridized carbons (Fsp3) is 0.588. The van der Waals surface area contributed by atoms with Crippen LogP contribution in [0.3, 0.4) is 0 Å². The fourth-order valence-electron chi connectivity index (χ4n) is 3.10. The number of hydrogen-bond donors (Lipinski definition) is 1. The molecule has 0 aromatic heterocycles. The van der Waals surface area contributed by atoms with Crippen LogP contribution in [0.5, 0.6) is 5.75 Å². The van der Waals surface area contributed by atoms with E-state index >= 15 is 0 Å².